The third kappa shape index (κ3) is 4.28. The van der Waals surface area contributed by atoms with Gasteiger partial charge in [0.05, 0.1) is 6.54 Å². The molecule has 1 aromatic carbocycles. The first-order chi connectivity index (χ1) is 13.1. The third-order valence-electron chi connectivity index (χ3n) is 5.72. The fourth-order valence-electron chi connectivity index (χ4n) is 4.26. The van der Waals surface area contributed by atoms with E-state index in [0.717, 1.165) is 25.9 Å². The zero-order chi connectivity index (χ0) is 18.9. The van der Waals surface area contributed by atoms with E-state index >= 15 is 0 Å². The highest BCUT2D eigenvalue weighted by molar-refractivity contribution is 7.89. The Kier molecular flexibility index (Phi) is 6.83. The molecule has 0 aliphatic carbocycles. The van der Waals surface area contributed by atoms with Gasteiger partial charge in [0.15, 0.2) is 0 Å². The molecular weight excluding hydrogens is 398 g/mol. The number of likely N-dealkylation sites (tertiary alicyclic amines) is 1. The largest absolute Gasteiger partial charge is 0.447 e. The minimum Gasteiger partial charge on any atom is -0.447 e. The quantitative estimate of drug-likeness (QED) is 0.769. The van der Waals surface area contributed by atoms with Crippen molar-refractivity contribution in [1.29, 1.82) is 0 Å². The Balaban J connectivity index is 0.00000225. The van der Waals surface area contributed by atoms with Gasteiger partial charge in [-0.15, -0.1) is 12.4 Å². The van der Waals surface area contributed by atoms with Crippen LogP contribution in [0, 0.1) is 5.92 Å². The molecule has 0 amide bonds. The number of hydrogen-bond acceptors (Lipinski definition) is 5. The summed E-state index contributed by atoms with van der Waals surface area (Å²) in [5, 5.41) is 0.0635. The predicted octanol–water partition coefficient (Wildman–Crippen LogP) is 2.66. The molecule has 0 saturated carbocycles. The highest BCUT2D eigenvalue weighted by Gasteiger charge is 2.34. The van der Waals surface area contributed by atoms with E-state index in [-0.39, 0.29) is 17.5 Å². The Labute approximate surface area is 173 Å². The standard InChI is InChI=1S/C20H27N3O3S.ClH/c21-12-17-13-22(15-19(17)16-6-2-1-3-7-16)14-18-8-9-20(26-18)27(24,25)23-10-4-5-11-23;/h1-3,6-9,17,19H,4-5,10-15,21H2;1H/t17-,19+;/m1./s1. The SMILES string of the molecule is Cl.NC[C@@H]1CN(Cc2ccc(S(=O)(=O)N3CCCC3)o2)C[C@H]1c1ccccc1. The van der Waals surface area contributed by atoms with Crippen LogP contribution in [-0.2, 0) is 16.6 Å². The molecule has 154 valence electrons. The van der Waals surface area contributed by atoms with Gasteiger partial charge in [-0.25, -0.2) is 8.42 Å². The highest BCUT2D eigenvalue weighted by Crippen LogP contribution is 2.33. The van der Waals surface area contributed by atoms with Crippen molar-refractivity contribution in [3.63, 3.8) is 0 Å². The molecular formula is C20H28ClN3O3S. The van der Waals surface area contributed by atoms with Crippen LogP contribution in [-0.4, -0.2) is 50.3 Å². The van der Waals surface area contributed by atoms with Gasteiger partial charge in [0.25, 0.3) is 10.0 Å². The van der Waals surface area contributed by atoms with Gasteiger partial charge in [-0.05, 0) is 43.0 Å². The van der Waals surface area contributed by atoms with Crippen LogP contribution in [0.2, 0.25) is 0 Å². The fraction of sp³-hybridized carbons (Fsp3) is 0.500. The van der Waals surface area contributed by atoms with Crippen molar-refractivity contribution in [2.24, 2.45) is 11.7 Å². The minimum absolute atomic E-state index is 0. The number of benzene rings is 1. The fourth-order valence-corrected chi connectivity index (χ4v) is 5.71. The smallest absolute Gasteiger partial charge is 0.276 e. The third-order valence-corrected chi connectivity index (χ3v) is 7.50. The van der Waals surface area contributed by atoms with Crippen molar-refractivity contribution in [3.05, 3.63) is 53.8 Å². The zero-order valence-corrected chi connectivity index (χ0v) is 17.5. The summed E-state index contributed by atoms with van der Waals surface area (Å²) in [6.45, 7) is 4.22. The number of nitrogens with zero attached hydrogens (tertiary/aromatic N) is 2. The second-order valence-corrected chi connectivity index (χ2v) is 9.41. The second-order valence-electron chi connectivity index (χ2n) is 7.54. The number of hydrogen-bond donors (Lipinski definition) is 1. The van der Waals surface area contributed by atoms with E-state index in [1.54, 1.807) is 12.1 Å². The van der Waals surface area contributed by atoms with Crippen LogP contribution in [0.15, 0.2) is 52.0 Å². The molecule has 2 N–H and O–H groups in total. The van der Waals surface area contributed by atoms with Crippen LogP contribution >= 0.6 is 12.4 Å². The lowest BCUT2D eigenvalue weighted by Gasteiger charge is -2.16. The Morgan fingerprint density at radius 1 is 1.04 bits per heavy atom. The van der Waals surface area contributed by atoms with Crippen molar-refractivity contribution in [3.8, 4) is 0 Å². The summed E-state index contributed by atoms with van der Waals surface area (Å²) >= 11 is 0. The van der Waals surface area contributed by atoms with Gasteiger partial charge < -0.3 is 10.2 Å². The summed E-state index contributed by atoms with van der Waals surface area (Å²) in [4.78, 5) is 2.31. The summed E-state index contributed by atoms with van der Waals surface area (Å²) in [5.74, 6) is 1.49. The number of sulfonamides is 1. The van der Waals surface area contributed by atoms with Crippen LogP contribution in [0.3, 0.4) is 0 Å². The lowest BCUT2D eigenvalue weighted by atomic mass is 9.89. The van der Waals surface area contributed by atoms with Crippen molar-refractivity contribution >= 4 is 22.4 Å². The monoisotopic (exact) mass is 425 g/mol. The molecule has 0 spiro atoms. The molecule has 2 aromatic rings. The maximum atomic E-state index is 12.6. The summed E-state index contributed by atoms with van der Waals surface area (Å²) in [6.07, 6.45) is 1.84. The first-order valence-corrected chi connectivity index (χ1v) is 11.1. The van der Waals surface area contributed by atoms with Gasteiger partial charge in [-0.3, -0.25) is 4.90 Å². The molecule has 28 heavy (non-hydrogen) atoms. The van der Waals surface area contributed by atoms with Gasteiger partial charge in [-0.1, -0.05) is 30.3 Å². The lowest BCUT2D eigenvalue weighted by Crippen LogP contribution is -2.27. The maximum Gasteiger partial charge on any atom is 0.276 e. The van der Waals surface area contributed by atoms with E-state index in [4.69, 9.17) is 10.2 Å². The Morgan fingerprint density at radius 2 is 1.75 bits per heavy atom. The second kappa shape index (κ2) is 8.97. The first kappa shape index (κ1) is 21.3. The number of nitrogens with two attached hydrogens (primary N) is 1. The Bertz CT molecular complexity index is 866. The summed E-state index contributed by atoms with van der Waals surface area (Å²) in [6, 6.07) is 13.8. The molecule has 0 radical (unpaired) electrons. The van der Waals surface area contributed by atoms with Crippen LogP contribution < -0.4 is 5.73 Å². The van der Waals surface area contributed by atoms with Crippen LogP contribution in [0.4, 0.5) is 0 Å². The molecule has 2 saturated heterocycles. The van der Waals surface area contributed by atoms with Crippen LogP contribution in [0.5, 0.6) is 0 Å². The minimum atomic E-state index is -3.49. The number of rotatable bonds is 6. The molecule has 6 nitrogen and oxygen atoms in total. The summed E-state index contributed by atoms with van der Waals surface area (Å²) in [5.41, 5.74) is 7.33. The van der Waals surface area contributed by atoms with E-state index in [9.17, 15) is 8.42 Å². The lowest BCUT2D eigenvalue weighted by molar-refractivity contribution is 0.272. The van der Waals surface area contributed by atoms with E-state index in [0.29, 0.717) is 43.8 Å². The van der Waals surface area contributed by atoms with E-state index in [1.165, 1.54) is 9.87 Å². The molecule has 4 rings (SSSR count). The molecule has 2 aliphatic rings. The van der Waals surface area contributed by atoms with Gasteiger partial charge in [-0.2, -0.15) is 4.31 Å². The maximum absolute atomic E-state index is 12.6. The topological polar surface area (TPSA) is 79.8 Å². The van der Waals surface area contributed by atoms with E-state index < -0.39 is 10.0 Å². The van der Waals surface area contributed by atoms with Crippen molar-refractivity contribution < 1.29 is 12.8 Å². The predicted molar refractivity (Wildman–Crippen MR) is 111 cm³/mol. The first-order valence-electron chi connectivity index (χ1n) is 9.64. The molecule has 8 heteroatoms. The van der Waals surface area contributed by atoms with Crippen molar-refractivity contribution in [2.75, 3.05) is 32.7 Å². The Hall–Kier alpha value is -1.38. The number of halogens is 1. The van der Waals surface area contributed by atoms with Crippen LogP contribution in [0.1, 0.15) is 30.1 Å². The van der Waals surface area contributed by atoms with Gasteiger partial charge >= 0.3 is 0 Å². The van der Waals surface area contributed by atoms with Crippen molar-refractivity contribution in [1.82, 2.24) is 9.21 Å². The van der Waals surface area contributed by atoms with Gasteiger partial charge in [0, 0.05) is 32.1 Å². The van der Waals surface area contributed by atoms with Crippen LogP contribution in [0.25, 0.3) is 0 Å². The van der Waals surface area contributed by atoms with Gasteiger partial charge in [0.1, 0.15) is 5.76 Å². The van der Waals surface area contributed by atoms with Gasteiger partial charge in [0.2, 0.25) is 5.09 Å². The zero-order valence-electron chi connectivity index (χ0n) is 15.9. The van der Waals surface area contributed by atoms with E-state index in [2.05, 4.69) is 29.2 Å². The molecule has 3 heterocycles. The normalized spacial score (nSPS) is 23.8. The number of furan rings is 1. The highest BCUT2D eigenvalue weighted by atomic mass is 35.5. The average Bonchev–Trinajstić information content (AvgIpc) is 3.43. The summed E-state index contributed by atoms with van der Waals surface area (Å²) < 4.78 is 32.5. The molecule has 0 bridgehead atoms. The molecule has 1 aromatic heterocycles. The molecule has 0 unspecified atom stereocenters. The van der Waals surface area contributed by atoms with E-state index in [1.807, 2.05) is 6.07 Å². The Morgan fingerprint density at radius 3 is 2.43 bits per heavy atom. The van der Waals surface area contributed by atoms with Crippen molar-refractivity contribution in [2.45, 2.75) is 30.4 Å². The summed E-state index contributed by atoms with van der Waals surface area (Å²) in [7, 11) is -3.49. The average molecular weight is 426 g/mol. The molecule has 2 aliphatic heterocycles. The molecule has 2 atom stereocenters. The molecule has 2 fully saturated rings.